The Morgan fingerprint density at radius 3 is 2.53 bits per heavy atom. The Labute approximate surface area is 118 Å². The lowest BCUT2D eigenvalue weighted by Gasteiger charge is -2.03. The summed E-state index contributed by atoms with van der Waals surface area (Å²) in [6.45, 7) is 2.06. The highest BCUT2D eigenvalue weighted by Crippen LogP contribution is 2.26. The van der Waals surface area contributed by atoms with Crippen molar-refractivity contribution in [3.63, 3.8) is 0 Å². The summed E-state index contributed by atoms with van der Waals surface area (Å²) in [6, 6.07) is 16.0. The summed E-state index contributed by atoms with van der Waals surface area (Å²) in [5.41, 5.74) is 3.14. The summed E-state index contributed by atoms with van der Waals surface area (Å²) in [7, 11) is 0. The fraction of sp³-hybridized carbons (Fsp3) is 0.0667. The monoisotopic (exact) mass is 285 g/mol. The fourth-order valence-corrected chi connectivity index (χ4v) is 3.39. The maximum atomic E-state index is 11.3. The highest BCUT2D eigenvalue weighted by atomic mass is 32.2. The molecule has 0 aliphatic carbocycles. The first-order chi connectivity index (χ1) is 9.28. The van der Waals surface area contributed by atoms with Gasteiger partial charge in [-0.15, -0.1) is 11.3 Å². The van der Waals surface area contributed by atoms with Gasteiger partial charge in [-0.05, 0) is 13.0 Å². The van der Waals surface area contributed by atoms with Crippen molar-refractivity contribution in [2.75, 3.05) is 0 Å². The number of aryl methyl sites for hydroxylation is 1. The van der Waals surface area contributed by atoms with E-state index >= 15 is 0 Å². The Morgan fingerprint density at radius 2 is 1.79 bits per heavy atom. The standard InChI is InChI=1S/C15H11NOS2/c1-10-6-8-11(9-7-10)14-16-13-5-3-2-4-12(13)15(18-14)19-17/h2-9H,1H3. The molecule has 1 aromatic heterocycles. The average molecular weight is 285 g/mol. The molecule has 0 saturated carbocycles. The summed E-state index contributed by atoms with van der Waals surface area (Å²) in [4.78, 5) is 4.65. The zero-order chi connectivity index (χ0) is 13.2. The minimum atomic E-state index is 0.539. The third-order valence-electron chi connectivity index (χ3n) is 2.91. The number of rotatable bonds is 1. The number of para-hydroxylation sites is 1. The number of hydrogen-bond acceptors (Lipinski definition) is 3. The largest absolute Gasteiger partial charge is 0.237 e. The fourth-order valence-electron chi connectivity index (χ4n) is 1.90. The molecule has 0 atom stereocenters. The van der Waals surface area contributed by atoms with Crippen LogP contribution in [0, 0.1) is 10.7 Å². The Morgan fingerprint density at radius 1 is 1.05 bits per heavy atom. The smallest absolute Gasteiger partial charge is 0.131 e. The normalized spacial score (nSPS) is 10.6. The van der Waals surface area contributed by atoms with E-state index in [0.29, 0.717) is 11.3 Å². The van der Waals surface area contributed by atoms with Gasteiger partial charge in [0.05, 0.1) is 5.52 Å². The van der Waals surface area contributed by atoms with Crippen molar-refractivity contribution in [2.24, 2.45) is 0 Å². The van der Waals surface area contributed by atoms with Gasteiger partial charge in [0, 0.05) is 10.9 Å². The maximum absolute atomic E-state index is 11.3. The third kappa shape index (κ3) is 2.37. The molecule has 0 fully saturated rings. The van der Waals surface area contributed by atoms with Gasteiger partial charge in [-0.2, -0.15) is 0 Å². The van der Waals surface area contributed by atoms with E-state index < -0.39 is 0 Å². The van der Waals surface area contributed by atoms with Crippen molar-refractivity contribution in [3.8, 4) is 10.6 Å². The first kappa shape index (κ1) is 12.3. The Bertz CT molecular complexity index is 831. The summed E-state index contributed by atoms with van der Waals surface area (Å²) in [5.74, 6) is 0. The van der Waals surface area contributed by atoms with E-state index in [4.69, 9.17) is 0 Å². The molecule has 0 radical (unpaired) electrons. The molecule has 0 unspecified atom stereocenters. The van der Waals surface area contributed by atoms with Gasteiger partial charge < -0.3 is 0 Å². The molecule has 4 heteroatoms. The van der Waals surface area contributed by atoms with Crippen LogP contribution >= 0.6 is 11.3 Å². The van der Waals surface area contributed by atoms with E-state index in [2.05, 4.69) is 24.0 Å². The molecule has 0 aliphatic heterocycles. The van der Waals surface area contributed by atoms with Crippen LogP contribution in [0.25, 0.3) is 21.5 Å². The SMILES string of the molecule is Cc1ccc(-c2nc3ccccc3c(=S=O)s2)cc1. The second-order valence-electron chi connectivity index (χ2n) is 4.27. The second kappa shape index (κ2) is 5.07. The Hall–Kier alpha value is -1.78. The van der Waals surface area contributed by atoms with E-state index in [1.807, 2.05) is 36.4 Å². The van der Waals surface area contributed by atoms with Crippen LogP contribution in [0.1, 0.15) is 5.56 Å². The Balaban J connectivity index is 2.31. The molecular formula is C15H11NOS2. The van der Waals surface area contributed by atoms with Crippen LogP contribution in [0.15, 0.2) is 48.5 Å². The molecule has 94 valence electrons. The lowest BCUT2D eigenvalue weighted by molar-refractivity contribution is 0.700. The Kier molecular flexibility index (Phi) is 3.27. The summed E-state index contributed by atoms with van der Waals surface area (Å²) < 4.78 is 12.0. The molecule has 2 nitrogen and oxygen atoms in total. The van der Waals surface area contributed by atoms with Crippen molar-refractivity contribution >= 4 is 33.5 Å². The van der Waals surface area contributed by atoms with E-state index in [9.17, 15) is 4.21 Å². The summed E-state index contributed by atoms with van der Waals surface area (Å²) in [6.07, 6.45) is 0. The molecule has 0 aliphatic rings. The predicted molar refractivity (Wildman–Crippen MR) is 81.2 cm³/mol. The molecule has 0 bridgehead atoms. The zero-order valence-corrected chi connectivity index (χ0v) is 11.9. The van der Waals surface area contributed by atoms with Gasteiger partial charge >= 0.3 is 0 Å². The van der Waals surface area contributed by atoms with E-state index in [1.165, 1.54) is 16.9 Å². The van der Waals surface area contributed by atoms with Crippen LogP contribution in [0.4, 0.5) is 0 Å². The van der Waals surface area contributed by atoms with E-state index in [0.717, 1.165) is 25.3 Å². The lowest BCUT2D eigenvalue weighted by atomic mass is 10.1. The van der Waals surface area contributed by atoms with Gasteiger partial charge in [-0.3, -0.25) is 0 Å². The molecule has 0 N–H and O–H groups in total. The van der Waals surface area contributed by atoms with Crippen molar-refractivity contribution in [1.29, 1.82) is 0 Å². The van der Waals surface area contributed by atoms with Crippen LogP contribution in [0.5, 0.6) is 0 Å². The molecule has 3 aromatic rings. The van der Waals surface area contributed by atoms with E-state index in [-0.39, 0.29) is 0 Å². The van der Waals surface area contributed by atoms with E-state index in [1.54, 1.807) is 0 Å². The lowest BCUT2D eigenvalue weighted by Crippen LogP contribution is -1.84. The van der Waals surface area contributed by atoms with Crippen molar-refractivity contribution in [2.45, 2.75) is 6.92 Å². The first-order valence-electron chi connectivity index (χ1n) is 5.87. The van der Waals surface area contributed by atoms with Gasteiger partial charge in [0.15, 0.2) is 0 Å². The van der Waals surface area contributed by atoms with Gasteiger partial charge in [0.2, 0.25) is 0 Å². The molecule has 0 saturated heterocycles. The summed E-state index contributed by atoms with van der Waals surface area (Å²) in [5, 5.41) is 1.82. The third-order valence-corrected chi connectivity index (χ3v) is 4.66. The van der Waals surface area contributed by atoms with Crippen molar-refractivity contribution in [1.82, 2.24) is 4.98 Å². The predicted octanol–water partition coefficient (Wildman–Crippen LogP) is 4.02. The van der Waals surface area contributed by atoms with Crippen molar-refractivity contribution < 1.29 is 4.21 Å². The number of nitrogens with zero attached hydrogens (tertiary/aromatic N) is 1. The summed E-state index contributed by atoms with van der Waals surface area (Å²) >= 11 is 1.99. The zero-order valence-electron chi connectivity index (χ0n) is 10.3. The molecule has 1 heterocycles. The molecule has 19 heavy (non-hydrogen) atoms. The molecule has 0 amide bonds. The quantitative estimate of drug-likeness (QED) is 0.632. The highest BCUT2D eigenvalue weighted by Gasteiger charge is 2.04. The first-order valence-corrected chi connectivity index (χ1v) is 7.43. The van der Waals surface area contributed by atoms with Gasteiger partial charge in [-0.1, -0.05) is 48.0 Å². The molecule has 3 rings (SSSR count). The van der Waals surface area contributed by atoms with Gasteiger partial charge in [-0.25, -0.2) is 9.19 Å². The maximum Gasteiger partial charge on any atom is 0.131 e. The van der Waals surface area contributed by atoms with Crippen LogP contribution in [0.3, 0.4) is 0 Å². The molecule has 0 spiro atoms. The number of aromatic nitrogens is 1. The van der Waals surface area contributed by atoms with Gasteiger partial charge in [0.1, 0.15) is 20.1 Å². The molecular weight excluding hydrogens is 274 g/mol. The van der Waals surface area contributed by atoms with Crippen LogP contribution in [0.2, 0.25) is 0 Å². The molecule has 2 aromatic carbocycles. The average Bonchev–Trinajstić information content (AvgIpc) is 2.47. The van der Waals surface area contributed by atoms with Crippen LogP contribution in [-0.2, 0) is 11.3 Å². The minimum absolute atomic E-state index is 0.539. The topological polar surface area (TPSA) is 30.0 Å². The number of benzene rings is 2. The highest BCUT2D eigenvalue weighted by molar-refractivity contribution is 7.60. The number of fused-ring (bicyclic) bond motifs is 1. The van der Waals surface area contributed by atoms with Crippen LogP contribution in [-0.4, -0.2) is 9.19 Å². The van der Waals surface area contributed by atoms with Crippen molar-refractivity contribution in [3.05, 3.63) is 57.9 Å². The van der Waals surface area contributed by atoms with Crippen LogP contribution < -0.4 is 0 Å². The minimum Gasteiger partial charge on any atom is -0.237 e. The second-order valence-corrected chi connectivity index (χ2v) is 6.11. The van der Waals surface area contributed by atoms with Gasteiger partial charge in [0.25, 0.3) is 0 Å². The number of hydrogen-bond donors (Lipinski definition) is 0.